The van der Waals surface area contributed by atoms with Gasteiger partial charge in [-0.15, -0.1) is 0 Å². The van der Waals surface area contributed by atoms with Crippen molar-refractivity contribution in [2.24, 2.45) is 10.1 Å². The van der Waals surface area contributed by atoms with Crippen molar-refractivity contribution in [2.45, 2.75) is 24.7 Å². The summed E-state index contributed by atoms with van der Waals surface area (Å²) in [6.45, 7) is 3.46. The summed E-state index contributed by atoms with van der Waals surface area (Å²) in [5.74, 6) is 1.60. The smallest absolute Gasteiger partial charge is 0.238 e. The highest BCUT2D eigenvalue weighted by Gasteiger charge is 2.07. The molecule has 0 amide bonds. The minimum atomic E-state index is -3.65. The Morgan fingerprint density at radius 1 is 1.07 bits per heavy atom. The molecule has 0 atom stereocenters. The normalized spacial score (nSPS) is 11.9. The summed E-state index contributed by atoms with van der Waals surface area (Å²) < 4.78 is 28.0. The fourth-order valence-electron chi connectivity index (χ4n) is 2.81. The summed E-state index contributed by atoms with van der Waals surface area (Å²) >= 11 is 0. The number of aryl methyl sites for hydroxylation is 1. The van der Waals surface area contributed by atoms with E-state index in [2.05, 4.69) is 28.6 Å². The fourth-order valence-corrected chi connectivity index (χ4v) is 3.33. The minimum absolute atomic E-state index is 0.119. The first-order valence-electron chi connectivity index (χ1n) is 9.03. The lowest BCUT2D eigenvalue weighted by Crippen LogP contribution is -2.39. The molecule has 0 bridgehead atoms. The Balaban J connectivity index is 1.80. The standard InChI is InChI=1S/C20H28N4O3S/c1-15-4-9-19(27-3)17(14-15)11-13-24-20(22-2)23-12-10-16-5-7-18(8-6-16)28(21,25)26/h4-9,14H,10-13H2,1-3H3,(H2,21,25,26)(H2,22,23,24). The number of primary sulfonamides is 1. The Kier molecular flexibility index (Phi) is 7.83. The zero-order chi connectivity index (χ0) is 20.6. The Morgan fingerprint density at radius 2 is 1.71 bits per heavy atom. The summed E-state index contributed by atoms with van der Waals surface area (Å²) in [5, 5.41) is 11.7. The molecule has 0 saturated carbocycles. The number of ether oxygens (including phenoxy) is 1. The van der Waals surface area contributed by atoms with Gasteiger partial charge in [0.15, 0.2) is 5.96 Å². The lowest BCUT2D eigenvalue weighted by Gasteiger charge is -2.13. The van der Waals surface area contributed by atoms with Crippen molar-refractivity contribution in [1.82, 2.24) is 10.6 Å². The van der Waals surface area contributed by atoms with Gasteiger partial charge in [-0.25, -0.2) is 13.6 Å². The maximum absolute atomic E-state index is 11.3. The topological polar surface area (TPSA) is 106 Å². The number of nitrogens with zero attached hydrogens (tertiary/aromatic N) is 1. The summed E-state index contributed by atoms with van der Waals surface area (Å²) in [7, 11) is -0.248. The molecule has 0 aliphatic heterocycles. The number of sulfonamides is 1. The molecule has 0 aliphatic rings. The first-order valence-corrected chi connectivity index (χ1v) is 10.6. The Labute approximate surface area is 167 Å². The van der Waals surface area contributed by atoms with Crippen LogP contribution in [0.3, 0.4) is 0 Å². The highest BCUT2D eigenvalue weighted by atomic mass is 32.2. The molecular weight excluding hydrogens is 376 g/mol. The Hall–Kier alpha value is -2.58. The van der Waals surface area contributed by atoms with Gasteiger partial charge in [0.1, 0.15) is 5.75 Å². The summed E-state index contributed by atoms with van der Waals surface area (Å²) in [6.07, 6.45) is 1.55. The van der Waals surface area contributed by atoms with E-state index in [1.165, 1.54) is 17.7 Å². The molecule has 0 radical (unpaired) electrons. The maximum Gasteiger partial charge on any atom is 0.238 e. The Morgan fingerprint density at radius 3 is 2.29 bits per heavy atom. The van der Waals surface area contributed by atoms with Crippen molar-refractivity contribution in [1.29, 1.82) is 0 Å². The van der Waals surface area contributed by atoms with Crippen LogP contribution in [-0.2, 0) is 22.9 Å². The lowest BCUT2D eigenvalue weighted by atomic mass is 10.1. The molecule has 0 heterocycles. The number of hydrogen-bond donors (Lipinski definition) is 3. The second kappa shape index (κ2) is 10.1. The van der Waals surface area contributed by atoms with Gasteiger partial charge < -0.3 is 15.4 Å². The van der Waals surface area contributed by atoms with Crippen LogP contribution >= 0.6 is 0 Å². The van der Waals surface area contributed by atoms with Crippen molar-refractivity contribution in [3.8, 4) is 5.75 Å². The van der Waals surface area contributed by atoms with Crippen molar-refractivity contribution in [2.75, 3.05) is 27.2 Å². The van der Waals surface area contributed by atoms with Gasteiger partial charge in [0.25, 0.3) is 0 Å². The van der Waals surface area contributed by atoms with E-state index in [9.17, 15) is 8.42 Å². The van der Waals surface area contributed by atoms with Gasteiger partial charge >= 0.3 is 0 Å². The zero-order valence-corrected chi connectivity index (χ0v) is 17.3. The monoisotopic (exact) mass is 404 g/mol. The second-order valence-electron chi connectivity index (χ2n) is 6.43. The number of methoxy groups -OCH3 is 1. The van der Waals surface area contributed by atoms with E-state index in [0.717, 1.165) is 36.3 Å². The number of rotatable bonds is 8. The average Bonchev–Trinajstić information content (AvgIpc) is 2.66. The molecule has 0 fully saturated rings. The van der Waals surface area contributed by atoms with Crippen molar-refractivity contribution in [3.63, 3.8) is 0 Å². The number of guanidine groups is 1. The molecule has 0 saturated heterocycles. The van der Waals surface area contributed by atoms with E-state index in [4.69, 9.17) is 9.88 Å². The Bertz CT molecular complexity index is 910. The van der Waals surface area contributed by atoms with Crippen LogP contribution in [0.4, 0.5) is 0 Å². The van der Waals surface area contributed by atoms with Gasteiger partial charge in [0.05, 0.1) is 12.0 Å². The average molecular weight is 405 g/mol. The summed E-state index contributed by atoms with van der Waals surface area (Å²) in [6, 6.07) is 12.7. The first kappa shape index (κ1) is 21.7. The predicted molar refractivity (Wildman–Crippen MR) is 112 cm³/mol. The molecule has 4 N–H and O–H groups in total. The van der Waals surface area contributed by atoms with Crippen LogP contribution < -0.4 is 20.5 Å². The highest BCUT2D eigenvalue weighted by Crippen LogP contribution is 2.19. The van der Waals surface area contributed by atoms with E-state index in [0.29, 0.717) is 12.5 Å². The van der Waals surface area contributed by atoms with Gasteiger partial charge in [-0.2, -0.15) is 0 Å². The van der Waals surface area contributed by atoms with Crippen LogP contribution in [-0.4, -0.2) is 41.6 Å². The van der Waals surface area contributed by atoms with Gasteiger partial charge in [0.2, 0.25) is 10.0 Å². The molecule has 28 heavy (non-hydrogen) atoms. The van der Waals surface area contributed by atoms with Gasteiger partial charge in [0, 0.05) is 20.1 Å². The third-order valence-corrected chi connectivity index (χ3v) is 5.23. The van der Waals surface area contributed by atoms with E-state index in [-0.39, 0.29) is 4.90 Å². The quantitative estimate of drug-likeness (QED) is 0.458. The van der Waals surface area contributed by atoms with Crippen LogP contribution in [0.5, 0.6) is 5.75 Å². The molecule has 7 nitrogen and oxygen atoms in total. The third kappa shape index (κ3) is 6.54. The van der Waals surface area contributed by atoms with Gasteiger partial charge in [-0.3, -0.25) is 4.99 Å². The number of aliphatic imine (C=N–C) groups is 1. The molecule has 2 rings (SSSR count). The number of benzene rings is 2. The van der Waals surface area contributed by atoms with Crippen LogP contribution in [0, 0.1) is 6.92 Å². The molecule has 8 heteroatoms. The van der Waals surface area contributed by atoms with E-state index in [1.54, 1.807) is 26.3 Å². The first-order chi connectivity index (χ1) is 13.3. The zero-order valence-electron chi connectivity index (χ0n) is 16.5. The number of nitrogens with one attached hydrogen (secondary N) is 2. The molecule has 0 spiro atoms. The second-order valence-corrected chi connectivity index (χ2v) is 7.99. The summed E-state index contributed by atoms with van der Waals surface area (Å²) in [4.78, 5) is 4.34. The highest BCUT2D eigenvalue weighted by molar-refractivity contribution is 7.89. The largest absolute Gasteiger partial charge is 0.496 e. The minimum Gasteiger partial charge on any atom is -0.496 e. The summed E-state index contributed by atoms with van der Waals surface area (Å²) in [5.41, 5.74) is 3.37. The van der Waals surface area contributed by atoms with Crippen LogP contribution in [0.15, 0.2) is 52.4 Å². The number of nitrogens with two attached hydrogens (primary N) is 1. The molecule has 0 aliphatic carbocycles. The maximum atomic E-state index is 11.3. The van der Waals surface area contributed by atoms with E-state index < -0.39 is 10.0 Å². The molecule has 0 unspecified atom stereocenters. The SMILES string of the molecule is CN=C(NCCc1ccc(S(N)(=O)=O)cc1)NCCc1cc(C)ccc1OC. The van der Waals surface area contributed by atoms with Crippen molar-refractivity contribution < 1.29 is 13.2 Å². The van der Waals surface area contributed by atoms with Crippen LogP contribution in [0.25, 0.3) is 0 Å². The van der Waals surface area contributed by atoms with Crippen LogP contribution in [0.2, 0.25) is 0 Å². The molecule has 2 aromatic rings. The van der Waals surface area contributed by atoms with Crippen molar-refractivity contribution >= 4 is 16.0 Å². The number of hydrogen-bond acceptors (Lipinski definition) is 4. The predicted octanol–water partition coefficient (Wildman–Crippen LogP) is 1.60. The van der Waals surface area contributed by atoms with E-state index >= 15 is 0 Å². The van der Waals surface area contributed by atoms with Crippen molar-refractivity contribution in [3.05, 3.63) is 59.2 Å². The van der Waals surface area contributed by atoms with Crippen LogP contribution in [0.1, 0.15) is 16.7 Å². The molecular formula is C20H28N4O3S. The molecule has 0 aromatic heterocycles. The third-order valence-electron chi connectivity index (χ3n) is 4.30. The molecule has 152 valence electrons. The fraction of sp³-hybridized carbons (Fsp3) is 0.350. The lowest BCUT2D eigenvalue weighted by molar-refractivity contribution is 0.409. The van der Waals surface area contributed by atoms with Gasteiger partial charge in [-0.05, 0) is 49.1 Å². The molecule has 2 aromatic carbocycles. The van der Waals surface area contributed by atoms with Gasteiger partial charge in [-0.1, -0.05) is 29.8 Å². The van der Waals surface area contributed by atoms with E-state index in [1.807, 2.05) is 12.1 Å².